The standard InChI is InChI=1S/C13H19N/c1-9(2)12-6-4-5-11-7-10(3)14-8-13(11)12/h7-9,12H,4-6H2,1-3H3. The summed E-state index contributed by atoms with van der Waals surface area (Å²) in [4.78, 5) is 4.43. The van der Waals surface area contributed by atoms with Crippen molar-refractivity contribution in [2.75, 3.05) is 0 Å². The maximum atomic E-state index is 4.43. The maximum Gasteiger partial charge on any atom is 0.0375 e. The second-order valence-corrected chi connectivity index (χ2v) is 4.77. The summed E-state index contributed by atoms with van der Waals surface area (Å²) in [6.45, 7) is 6.72. The van der Waals surface area contributed by atoms with Gasteiger partial charge >= 0.3 is 0 Å². The van der Waals surface area contributed by atoms with Gasteiger partial charge in [0, 0.05) is 11.9 Å². The average Bonchev–Trinajstić information content (AvgIpc) is 2.16. The molecule has 0 saturated heterocycles. The summed E-state index contributed by atoms with van der Waals surface area (Å²) in [7, 11) is 0. The molecule has 76 valence electrons. The molecule has 0 N–H and O–H groups in total. The Kier molecular flexibility index (Phi) is 2.58. The fourth-order valence-electron chi connectivity index (χ4n) is 2.54. The Morgan fingerprint density at radius 3 is 2.93 bits per heavy atom. The first-order valence-electron chi connectivity index (χ1n) is 5.64. The minimum Gasteiger partial charge on any atom is -0.261 e. The summed E-state index contributed by atoms with van der Waals surface area (Å²) in [5, 5.41) is 0. The minimum absolute atomic E-state index is 0.742. The fraction of sp³-hybridized carbons (Fsp3) is 0.615. The van der Waals surface area contributed by atoms with Gasteiger partial charge in [0.2, 0.25) is 0 Å². The predicted molar refractivity (Wildman–Crippen MR) is 59.5 cm³/mol. The molecule has 0 amide bonds. The Labute approximate surface area is 86.6 Å². The molecule has 1 heteroatoms. The molecule has 1 aliphatic rings. The van der Waals surface area contributed by atoms with Crippen LogP contribution in [-0.4, -0.2) is 4.98 Å². The monoisotopic (exact) mass is 189 g/mol. The first-order chi connectivity index (χ1) is 6.68. The average molecular weight is 189 g/mol. The van der Waals surface area contributed by atoms with Gasteiger partial charge in [0.25, 0.3) is 0 Å². The molecule has 1 aromatic heterocycles. The molecule has 0 aromatic carbocycles. The van der Waals surface area contributed by atoms with Crippen molar-refractivity contribution in [2.45, 2.75) is 46.0 Å². The van der Waals surface area contributed by atoms with Crippen molar-refractivity contribution < 1.29 is 0 Å². The van der Waals surface area contributed by atoms with E-state index in [9.17, 15) is 0 Å². The van der Waals surface area contributed by atoms with Crippen LogP contribution >= 0.6 is 0 Å². The molecule has 1 atom stereocenters. The van der Waals surface area contributed by atoms with E-state index in [1.165, 1.54) is 24.8 Å². The summed E-state index contributed by atoms with van der Waals surface area (Å²) in [6.07, 6.45) is 6.05. The fourth-order valence-corrected chi connectivity index (χ4v) is 2.54. The predicted octanol–water partition coefficient (Wildman–Crippen LogP) is 3.47. The summed E-state index contributed by atoms with van der Waals surface area (Å²) < 4.78 is 0. The van der Waals surface area contributed by atoms with Gasteiger partial charge in [-0.2, -0.15) is 0 Å². The third kappa shape index (κ3) is 1.68. The van der Waals surface area contributed by atoms with Crippen molar-refractivity contribution in [1.82, 2.24) is 4.98 Å². The van der Waals surface area contributed by atoms with E-state index in [1.807, 2.05) is 0 Å². The van der Waals surface area contributed by atoms with Crippen LogP contribution in [-0.2, 0) is 6.42 Å². The van der Waals surface area contributed by atoms with Crippen LogP contribution in [0.2, 0.25) is 0 Å². The van der Waals surface area contributed by atoms with E-state index in [0.717, 1.165) is 17.5 Å². The molecule has 1 aromatic rings. The molecular formula is C13H19N. The first kappa shape index (κ1) is 9.70. The number of pyridine rings is 1. The molecular weight excluding hydrogens is 170 g/mol. The number of hydrogen-bond donors (Lipinski definition) is 0. The van der Waals surface area contributed by atoms with Gasteiger partial charge in [-0.05, 0) is 55.2 Å². The Morgan fingerprint density at radius 2 is 2.21 bits per heavy atom. The van der Waals surface area contributed by atoms with Gasteiger partial charge in [-0.1, -0.05) is 13.8 Å². The van der Waals surface area contributed by atoms with E-state index in [-0.39, 0.29) is 0 Å². The van der Waals surface area contributed by atoms with Gasteiger partial charge in [-0.3, -0.25) is 4.98 Å². The number of hydrogen-bond acceptors (Lipinski definition) is 1. The topological polar surface area (TPSA) is 12.9 Å². The molecule has 1 unspecified atom stereocenters. The second-order valence-electron chi connectivity index (χ2n) is 4.77. The second kappa shape index (κ2) is 3.72. The highest BCUT2D eigenvalue weighted by atomic mass is 14.7. The highest BCUT2D eigenvalue weighted by Gasteiger charge is 2.22. The number of fused-ring (bicyclic) bond motifs is 1. The number of rotatable bonds is 1. The van der Waals surface area contributed by atoms with E-state index < -0.39 is 0 Å². The van der Waals surface area contributed by atoms with Gasteiger partial charge < -0.3 is 0 Å². The van der Waals surface area contributed by atoms with Crippen LogP contribution in [0, 0.1) is 12.8 Å². The Bertz CT molecular complexity index is 328. The van der Waals surface area contributed by atoms with Crippen molar-refractivity contribution >= 4 is 0 Å². The molecule has 0 spiro atoms. The highest BCUT2D eigenvalue weighted by Crippen LogP contribution is 2.36. The summed E-state index contributed by atoms with van der Waals surface area (Å²) in [5.41, 5.74) is 4.22. The Hall–Kier alpha value is -0.850. The molecule has 0 radical (unpaired) electrons. The van der Waals surface area contributed by atoms with Gasteiger partial charge in [-0.15, -0.1) is 0 Å². The maximum absolute atomic E-state index is 4.43. The van der Waals surface area contributed by atoms with E-state index in [4.69, 9.17) is 0 Å². The lowest BCUT2D eigenvalue weighted by Gasteiger charge is -2.28. The summed E-state index contributed by atoms with van der Waals surface area (Å²) in [6, 6.07) is 2.27. The zero-order valence-corrected chi connectivity index (χ0v) is 9.38. The van der Waals surface area contributed by atoms with Crippen molar-refractivity contribution in [3.05, 3.63) is 29.1 Å². The van der Waals surface area contributed by atoms with E-state index in [2.05, 4.69) is 38.0 Å². The molecule has 14 heavy (non-hydrogen) atoms. The summed E-state index contributed by atoms with van der Waals surface area (Å²) in [5.74, 6) is 1.49. The highest BCUT2D eigenvalue weighted by molar-refractivity contribution is 5.32. The SMILES string of the molecule is Cc1cc2c(cn1)C(C(C)C)CCC2. The van der Waals surface area contributed by atoms with Crippen LogP contribution in [0.1, 0.15) is 49.4 Å². The largest absolute Gasteiger partial charge is 0.261 e. The van der Waals surface area contributed by atoms with Crippen molar-refractivity contribution in [1.29, 1.82) is 0 Å². The quantitative estimate of drug-likeness (QED) is 0.659. The smallest absolute Gasteiger partial charge is 0.0375 e. The third-order valence-corrected chi connectivity index (χ3v) is 3.33. The van der Waals surface area contributed by atoms with Crippen LogP contribution in [0.4, 0.5) is 0 Å². The van der Waals surface area contributed by atoms with E-state index in [1.54, 1.807) is 5.56 Å². The molecule has 0 aliphatic heterocycles. The molecule has 2 rings (SSSR count). The lowest BCUT2D eigenvalue weighted by atomic mass is 9.78. The van der Waals surface area contributed by atoms with Crippen LogP contribution in [0.15, 0.2) is 12.3 Å². The van der Waals surface area contributed by atoms with Gasteiger partial charge in [0.15, 0.2) is 0 Å². The van der Waals surface area contributed by atoms with E-state index >= 15 is 0 Å². The van der Waals surface area contributed by atoms with Crippen LogP contribution in [0.3, 0.4) is 0 Å². The van der Waals surface area contributed by atoms with Crippen molar-refractivity contribution in [3.8, 4) is 0 Å². The Morgan fingerprint density at radius 1 is 1.43 bits per heavy atom. The van der Waals surface area contributed by atoms with Crippen molar-refractivity contribution in [3.63, 3.8) is 0 Å². The van der Waals surface area contributed by atoms with Crippen LogP contribution < -0.4 is 0 Å². The van der Waals surface area contributed by atoms with Gasteiger partial charge in [0.05, 0.1) is 0 Å². The van der Waals surface area contributed by atoms with Crippen LogP contribution in [0.25, 0.3) is 0 Å². The zero-order valence-electron chi connectivity index (χ0n) is 9.38. The molecule has 1 aliphatic carbocycles. The third-order valence-electron chi connectivity index (χ3n) is 3.33. The normalized spacial score (nSPS) is 21.0. The first-order valence-corrected chi connectivity index (χ1v) is 5.64. The number of aromatic nitrogens is 1. The number of nitrogens with zero attached hydrogens (tertiary/aromatic N) is 1. The van der Waals surface area contributed by atoms with Crippen molar-refractivity contribution in [2.24, 2.45) is 5.92 Å². The lowest BCUT2D eigenvalue weighted by Crippen LogP contribution is -2.15. The Balaban J connectivity index is 2.40. The lowest BCUT2D eigenvalue weighted by molar-refractivity contribution is 0.432. The molecule has 1 heterocycles. The molecule has 0 bridgehead atoms. The minimum atomic E-state index is 0.742. The van der Waals surface area contributed by atoms with Crippen LogP contribution in [0.5, 0.6) is 0 Å². The molecule has 0 saturated carbocycles. The zero-order chi connectivity index (χ0) is 10.1. The number of aryl methyl sites for hydroxylation is 2. The molecule has 1 nitrogen and oxygen atoms in total. The summed E-state index contributed by atoms with van der Waals surface area (Å²) >= 11 is 0. The molecule has 0 fully saturated rings. The van der Waals surface area contributed by atoms with E-state index in [0.29, 0.717) is 0 Å². The van der Waals surface area contributed by atoms with Gasteiger partial charge in [0.1, 0.15) is 0 Å². The van der Waals surface area contributed by atoms with Gasteiger partial charge in [-0.25, -0.2) is 0 Å².